The van der Waals surface area contributed by atoms with E-state index < -0.39 is 4.92 Å². The third-order valence-electron chi connectivity index (χ3n) is 5.55. The van der Waals surface area contributed by atoms with E-state index in [9.17, 15) is 19.7 Å². The number of unbranched alkanes of at least 4 members (excludes halogenated alkanes) is 2. The van der Waals surface area contributed by atoms with Gasteiger partial charge in [-0.1, -0.05) is 51.0 Å². The fraction of sp³-hybridized carbons (Fsp3) is 0.429. The molecule has 36 heavy (non-hydrogen) atoms. The summed E-state index contributed by atoms with van der Waals surface area (Å²) in [4.78, 5) is 36.1. The number of nitro groups is 1. The number of ether oxygens (including phenoxy) is 2. The second-order valence-corrected chi connectivity index (χ2v) is 8.41. The molecule has 0 saturated heterocycles. The van der Waals surface area contributed by atoms with Gasteiger partial charge in [-0.2, -0.15) is 0 Å². The molecule has 2 aromatic rings. The van der Waals surface area contributed by atoms with Crippen LogP contribution < -0.4 is 4.90 Å². The van der Waals surface area contributed by atoms with Gasteiger partial charge in [0.15, 0.2) is 0 Å². The average molecular weight is 497 g/mol. The number of rotatable bonds is 16. The molecule has 0 radical (unpaired) electrons. The van der Waals surface area contributed by atoms with Crippen LogP contribution in [0.3, 0.4) is 0 Å². The van der Waals surface area contributed by atoms with E-state index in [2.05, 4.69) is 0 Å². The van der Waals surface area contributed by atoms with E-state index in [0.29, 0.717) is 25.9 Å². The van der Waals surface area contributed by atoms with Gasteiger partial charge in [0.25, 0.3) is 5.69 Å². The summed E-state index contributed by atoms with van der Waals surface area (Å²) in [5, 5.41) is 10.8. The average Bonchev–Trinajstić information content (AvgIpc) is 2.89. The zero-order valence-electron chi connectivity index (χ0n) is 21.2. The number of carbonyl (C=O) groups is 2. The highest BCUT2D eigenvalue weighted by molar-refractivity contribution is 5.71. The van der Waals surface area contributed by atoms with Gasteiger partial charge < -0.3 is 14.4 Å². The molecule has 0 amide bonds. The van der Waals surface area contributed by atoms with E-state index in [1.165, 1.54) is 12.1 Å². The third kappa shape index (κ3) is 10.7. The Bertz CT molecular complexity index is 960. The number of esters is 2. The van der Waals surface area contributed by atoms with E-state index in [1.807, 2.05) is 55.2 Å². The van der Waals surface area contributed by atoms with Crippen LogP contribution in [0.1, 0.15) is 63.5 Å². The van der Waals surface area contributed by atoms with Crippen LogP contribution in [0.25, 0.3) is 12.2 Å². The van der Waals surface area contributed by atoms with Crippen LogP contribution in [-0.4, -0.2) is 43.2 Å². The summed E-state index contributed by atoms with van der Waals surface area (Å²) in [6.07, 6.45) is 8.16. The second-order valence-electron chi connectivity index (χ2n) is 8.41. The molecule has 194 valence electrons. The van der Waals surface area contributed by atoms with Crippen molar-refractivity contribution in [3.05, 3.63) is 69.8 Å². The van der Waals surface area contributed by atoms with Crippen molar-refractivity contribution in [2.45, 2.75) is 52.4 Å². The van der Waals surface area contributed by atoms with Crippen LogP contribution >= 0.6 is 0 Å². The van der Waals surface area contributed by atoms with Gasteiger partial charge in [0.2, 0.25) is 0 Å². The summed E-state index contributed by atoms with van der Waals surface area (Å²) in [6, 6.07) is 14.2. The first-order valence-electron chi connectivity index (χ1n) is 12.5. The minimum absolute atomic E-state index is 0.0590. The Labute approximate surface area is 213 Å². The number of hydrogen-bond acceptors (Lipinski definition) is 7. The van der Waals surface area contributed by atoms with Crippen molar-refractivity contribution in [1.82, 2.24) is 0 Å². The van der Waals surface area contributed by atoms with Gasteiger partial charge in [-0.25, -0.2) is 0 Å². The van der Waals surface area contributed by atoms with Crippen LogP contribution in [0.2, 0.25) is 0 Å². The molecule has 0 heterocycles. The van der Waals surface area contributed by atoms with Crippen molar-refractivity contribution in [1.29, 1.82) is 0 Å². The second kappa shape index (κ2) is 16.1. The van der Waals surface area contributed by atoms with Gasteiger partial charge in [0.05, 0.1) is 18.0 Å². The smallest absolute Gasteiger partial charge is 0.305 e. The van der Waals surface area contributed by atoms with Crippen molar-refractivity contribution >= 4 is 35.5 Å². The van der Waals surface area contributed by atoms with Gasteiger partial charge >= 0.3 is 11.9 Å². The molecule has 0 aliphatic heterocycles. The first kappa shape index (κ1) is 28.6. The molecule has 0 fully saturated rings. The lowest BCUT2D eigenvalue weighted by Crippen LogP contribution is -2.32. The fourth-order valence-corrected chi connectivity index (χ4v) is 3.39. The molecule has 0 aliphatic carbocycles. The fourth-order valence-electron chi connectivity index (χ4n) is 3.39. The number of hydrogen-bond donors (Lipinski definition) is 0. The molecule has 0 saturated carbocycles. The highest BCUT2D eigenvalue weighted by Gasteiger charge is 2.11. The Morgan fingerprint density at radius 2 is 1.25 bits per heavy atom. The van der Waals surface area contributed by atoms with Crippen LogP contribution in [0.5, 0.6) is 0 Å². The highest BCUT2D eigenvalue weighted by Crippen LogP contribution is 2.18. The molecule has 2 aromatic carbocycles. The van der Waals surface area contributed by atoms with Crippen LogP contribution in [0, 0.1) is 10.1 Å². The predicted octanol–water partition coefficient (Wildman–Crippen LogP) is 6.04. The van der Waals surface area contributed by atoms with E-state index in [4.69, 9.17) is 9.47 Å². The van der Waals surface area contributed by atoms with Crippen molar-refractivity contribution < 1.29 is 24.0 Å². The Morgan fingerprint density at radius 3 is 1.67 bits per heavy atom. The maximum Gasteiger partial charge on any atom is 0.305 e. The Kier molecular flexibility index (Phi) is 12.8. The van der Waals surface area contributed by atoms with Crippen molar-refractivity contribution in [3.63, 3.8) is 0 Å². The van der Waals surface area contributed by atoms with E-state index in [-0.39, 0.29) is 30.8 Å². The predicted molar refractivity (Wildman–Crippen MR) is 142 cm³/mol. The SMILES string of the molecule is CCCCC(=O)OCCN(CCOC(=O)CCCC)c1ccc(/C=C/c2ccc([N+](=O)[O-])cc2)cc1. The number of nitro benzene ring substituents is 1. The summed E-state index contributed by atoms with van der Waals surface area (Å²) >= 11 is 0. The molecule has 8 heteroatoms. The van der Waals surface area contributed by atoms with Gasteiger partial charge in [-0.15, -0.1) is 0 Å². The molecule has 0 unspecified atom stereocenters. The lowest BCUT2D eigenvalue weighted by molar-refractivity contribution is -0.384. The number of anilines is 1. The molecule has 0 bridgehead atoms. The van der Waals surface area contributed by atoms with Gasteiger partial charge in [-0.3, -0.25) is 19.7 Å². The van der Waals surface area contributed by atoms with Crippen LogP contribution in [0.15, 0.2) is 48.5 Å². The zero-order valence-corrected chi connectivity index (χ0v) is 21.2. The van der Waals surface area contributed by atoms with Crippen LogP contribution in [0.4, 0.5) is 11.4 Å². The van der Waals surface area contributed by atoms with E-state index in [1.54, 1.807) is 12.1 Å². The summed E-state index contributed by atoms with van der Waals surface area (Å²) in [5.41, 5.74) is 2.82. The topological polar surface area (TPSA) is 99.0 Å². The number of benzene rings is 2. The molecule has 2 rings (SSSR count). The highest BCUT2D eigenvalue weighted by atomic mass is 16.6. The minimum Gasteiger partial charge on any atom is -0.464 e. The molecular formula is C28H36N2O6. The lowest BCUT2D eigenvalue weighted by Gasteiger charge is -2.24. The lowest BCUT2D eigenvalue weighted by atomic mass is 10.1. The molecule has 0 aliphatic rings. The summed E-state index contributed by atoms with van der Waals surface area (Å²) < 4.78 is 10.7. The zero-order chi connectivity index (χ0) is 26.2. The first-order valence-corrected chi connectivity index (χ1v) is 12.5. The van der Waals surface area contributed by atoms with Crippen molar-refractivity contribution in [3.8, 4) is 0 Å². The van der Waals surface area contributed by atoms with Crippen molar-refractivity contribution in [2.75, 3.05) is 31.2 Å². The molecule has 0 aromatic heterocycles. The number of carbonyl (C=O) groups excluding carboxylic acids is 2. The molecular weight excluding hydrogens is 460 g/mol. The van der Waals surface area contributed by atoms with Gasteiger partial charge in [0, 0.05) is 30.7 Å². The Hall–Kier alpha value is -3.68. The largest absolute Gasteiger partial charge is 0.464 e. The van der Waals surface area contributed by atoms with Gasteiger partial charge in [-0.05, 0) is 48.2 Å². The number of nitrogens with zero attached hydrogens (tertiary/aromatic N) is 2. The monoisotopic (exact) mass is 496 g/mol. The maximum absolute atomic E-state index is 11.9. The molecule has 0 atom stereocenters. The quantitative estimate of drug-likeness (QED) is 0.121. The van der Waals surface area contributed by atoms with Crippen molar-refractivity contribution in [2.24, 2.45) is 0 Å². The standard InChI is InChI=1S/C28H36N2O6/c1-3-5-7-27(31)35-21-19-29(20-22-36-28(32)8-6-4-2)25-15-11-23(12-16-25)9-10-24-13-17-26(18-14-24)30(33)34/h9-18H,3-8,19-22H2,1-2H3/b10-9+. The third-order valence-corrected chi connectivity index (χ3v) is 5.55. The normalized spacial score (nSPS) is 10.8. The van der Waals surface area contributed by atoms with E-state index in [0.717, 1.165) is 42.5 Å². The molecule has 0 N–H and O–H groups in total. The molecule has 0 spiro atoms. The summed E-state index contributed by atoms with van der Waals surface area (Å²) in [6.45, 7) is 5.55. The van der Waals surface area contributed by atoms with Crippen LogP contribution in [-0.2, 0) is 19.1 Å². The Balaban J connectivity index is 1.99. The van der Waals surface area contributed by atoms with E-state index >= 15 is 0 Å². The Morgan fingerprint density at radius 1 is 0.806 bits per heavy atom. The maximum atomic E-state index is 11.9. The summed E-state index contributed by atoms with van der Waals surface area (Å²) in [7, 11) is 0. The minimum atomic E-state index is -0.420. The molecule has 8 nitrogen and oxygen atoms in total. The number of non-ortho nitro benzene ring substituents is 1. The van der Waals surface area contributed by atoms with Gasteiger partial charge in [0.1, 0.15) is 13.2 Å². The summed E-state index contributed by atoms with van der Waals surface area (Å²) in [5.74, 6) is -0.399. The first-order chi connectivity index (χ1) is 17.4.